The van der Waals surface area contributed by atoms with E-state index in [1.807, 2.05) is 0 Å². The Morgan fingerprint density at radius 3 is 1.91 bits per heavy atom. The van der Waals surface area contributed by atoms with Crippen molar-refractivity contribution in [1.82, 2.24) is 0 Å². The third-order valence-electron chi connectivity index (χ3n) is 2.10. The summed E-state index contributed by atoms with van der Waals surface area (Å²) in [5.74, 6) is 0.426. The number of nitrogens with two attached hydrogens (primary N) is 1. The van der Waals surface area contributed by atoms with Crippen molar-refractivity contribution in [2.24, 2.45) is 11.7 Å². The standard InChI is InChI=1S/C9H21NO/c1-3-5-8(6-4-2)9(11)7-10/h8-9,11H,3-7,10H2,1-2H3. The molecule has 68 valence electrons. The van der Waals surface area contributed by atoms with Crippen LogP contribution in [0.5, 0.6) is 0 Å². The van der Waals surface area contributed by atoms with Gasteiger partial charge in [0.25, 0.3) is 0 Å². The van der Waals surface area contributed by atoms with Gasteiger partial charge in [0.05, 0.1) is 6.10 Å². The molecular weight excluding hydrogens is 138 g/mol. The molecule has 0 rings (SSSR count). The minimum atomic E-state index is -0.283. The molecule has 0 aromatic rings. The molecule has 2 heteroatoms. The van der Waals surface area contributed by atoms with Crippen molar-refractivity contribution < 1.29 is 5.11 Å². The lowest BCUT2D eigenvalue weighted by Gasteiger charge is -2.20. The average Bonchev–Trinajstić information content (AvgIpc) is 2.03. The van der Waals surface area contributed by atoms with Crippen molar-refractivity contribution >= 4 is 0 Å². The SMILES string of the molecule is CCCC(CCC)C(O)CN. The Morgan fingerprint density at radius 2 is 1.64 bits per heavy atom. The lowest BCUT2D eigenvalue weighted by Crippen LogP contribution is -2.28. The predicted octanol–water partition coefficient (Wildman–Crippen LogP) is 1.52. The first-order valence-electron chi connectivity index (χ1n) is 4.64. The summed E-state index contributed by atoms with van der Waals surface area (Å²) in [5, 5.41) is 9.45. The van der Waals surface area contributed by atoms with Gasteiger partial charge in [-0.3, -0.25) is 0 Å². The highest BCUT2D eigenvalue weighted by molar-refractivity contribution is 4.68. The first-order chi connectivity index (χ1) is 5.26. The third kappa shape index (κ3) is 4.38. The summed E-state index contributed by atoms with van der Waals surface area (Å²) in [7, 11) is 0. The highest BCUT2D eigenvalue weighted by Gasteiger charge is 2.15. The van der Waals surface area contributed by atoms with Crippen LogP contribution in [0.4, 0.5) is 0 Å². The van der Waals surface area contributed by atoms with Crippen molar-refractivity contribution in [3.63, 3.8) is 0 Å². The molecule has 3 N–H and O–H groups in total. The smallest absolute Gasteiger partial charge is 0.0690 e. The fourth-order valence-corrected chi connectivity index (χ4v) is 1.46. The molecule has 1 unspecified atom stereocenters. The zero-order valence-electron chi connectivity index (χ0n) is 7.71. The van der Waals surface area contributed by atoms with Crippen molar-refractivity contribution in [3.8, 4) is 0 Å². The minimum absolute atomic E-state index is 0.283. The van der Waals surface area contributed by atoms with E-state index in [0.29, 0.717) is 12.5 Å². The van der Waals surface area contributed by atoms with Crippen molar-refractivity contribution in [3.05, 3.63) is 0 Å². The maximum absolute atomic E-state index is 9.45. The summed E-state index contributed by atoms with van der Waals surface area (Å²) in [4.78, 5) is 0. The van der Waals surface area contributed by atoms with E-state index in [2.05, 4.69) is 13.8 Å². The highest BCUT2D eigenvalue weighted by Crippen LogP contribution is 2.16. The van der Waals surface area contributed by atoms with Gasteiger partial charge in [0.1, 0.15) is 0 Å². The van der Waals surface area contributed by atoms with E-state index in [1.165, 1.54) is 0 Å². The second-order valence-corrected chi connectivity index (χ2v) is 3.14. The van der Waals surface area contributed by atoms with Crippen LogP contribution in [0.3, 0.4) is 0 Å². The van der Waals surface area contributed by atoms with E-state index < -0.39 is 0 Å². The summed E-state index contributed by atoms with van der Waals surface area (Å²) in [5.41, 5.74) is 5.38. The number of aliphatic hydroxyl groups is 1. The molecule has 0 spiro atoms. The molecule has 0 saturated heterocycles. The molecule has 0 aromatic heterocycles. The zero-order chi connectivity index (χ0) is 8.69. The molecule has 0 bridgehead atoms. The molecule has 0 heterocycles. The van der Waals surface area contributed by atoms with Gasteiger partial charge in [-0.05, 0) is 18.8 Å². The molecule has 0 amide bonds. The summed E-state index contributed by atoms with van der Waals surface area (Å²) in [6.07, 6.45) is 4.21. The Morgan fingerprint density at radius 1 is 1.18 bits per heavy atom. The van der Waals surface area contributed by atoms with Crippen LogP contribution in [-0.4, -0.2) is 17.8 Å². The van der Waals surface area contributed by atoms with Crippen LogP contribution in [0.15, 0.2) is 0 Å². The van der Waals surface area contributed by atoms with Crippen LogP contribution in [-0.2, 0) is 0 Å². The summed E-state index contributed by atoms with van der Waals surface area (Å²) >= 11 is 0. The molecular formula is C9H21NO. The molecule has 0 radical (unpaired) electrons. The van der Waals surface area contributed by atoms with E-state index in [4.69, 9.17) is 5.73 Å². The quantitative estimate of drug-likeness (QED) is 0.617. The molecule has 0 aromatic carbocycles. The van der Waals surface area contributed by atoms with E-state index in [0.717, 1.165) is 25.7 Å². The van der Waals surface area contributed by atoms with Crippen molar-refractivity contribution in [2.45, 2.75) is 45.6 Å². The zero-order valence-corrected chi connectivity index (χ0v) is 7.71. The normalized spacial score (nSPS) is 13.9. The number of rotatable bonds is 6. The van der Waals surface area contributed by atoms with Gasteiger partial charge in [-0.25, -0.2) is 0 Å². The second kappa shape index (κ2) is 6.62. The largest absolute Gasteiger partial charge is 0.392 e. The van der Waals surface area contributed by atoms with Gasteiger partial charge in [0, 0.05) is 6.54 Å². The van der Waals surface area contributed by atoms with Gasteiger partial charge in [-0.15, -0.1) is 0 Å². The molecule has 2 nitrogen and oxygen atoms in total. The van der Waals surface area contributed by atoms with E-state index in [-0.39, 0.29) is 6.10 Å². The molecule has 0 aliphatic heterocycles. The minimum Gasteiger partial charge on any atom is -0.392 e. The fourth-order valence-electron chi connectivity index (χ4n) is 1.46. The van der Waals surface area contributed by atoms with E-state index in [1.54, 1.807) is 0 Å². The highest BCUT2D eigenvalue weighted by atomic mass is 16.3. The Kier molecular flexibility index (Phi) is 6.57. The van der Waals surface area contributed by atoms with Gasteiger partial charge in [0.2, 0.25) is 0 Å². The van der Waals surface area contributed by atoms with Gasteiger partial charge < -0.3 is 10.8 Å². The van der Waals surface area contributed by atoms with Crippen LogP contribution in [0.1, 0.15) is 39.5 Å². The molecule has 1 atom stereocenters. The molecule has 0 aliphatic rings. The van der Waals surface area contributed by atoms with Crippen molar-refractivity contribution in [1.29, 1.82) is 0 Å². The Hall–Kier alpha value is -0.0800. The molecule has 0 fully saturated rings. The molecule has 0 saturated carbocycles. The maximum Gasteiger partial charge on any atom is 0.0690 e. The van der Waals surface area contributed by atoms with Gasteiger partial charge in [0.15, 0.2) is 0 Å². The number of hydrogen-bond donors (Lipinski definition) is 2. The second-order valence-electron chi connectivity index (χ2n) is 3.14. The topological polar surface area (TPSA) is 46.2 Å². The maximum atomic E-state index is 9.45. The molecule has 11 heavy (non-hydrogen) atoms. The number of hydrogen-bond acceptors (Lipinski definition) is 2. The third-order valence-corrected chi connectivity index (χ3v) is 2.10. The van der Waals surface area contributed by atoms with Crippen LogP contribution in [0.25, 0.3) is 0 Å². The lowest BCUT2D eigenvalue weighted by molar-refractivity contribution is 0.104. The summed E-state index contributed by atoms with van der Waals surface area (Å²) in [6.45, 7) is 4.70. The average molecular weight is 159 g/mol. The fraction of sp³-hybridized carbons (Fsp3) is 1.00. The van der Waals surface area contributed by atoms with Crippen LogP contribution in [0, 0.1) is 5.92 Å². The summed E-state index contributed by atoms with van der Waals surface area (Å²) in [6, 6.07) is 0. The van der Waals surface area contributed by atoms with Crippen LogP contribution >= 0.6 is 0 Å². The van der Waals surface area contributed by atoms with Gasteiger partial charge >= 0.3 is 0 Å². The Labute approximate surface area is 69.8 Å². The number of aliphatic hydroxyl groups excluding tert-OH is 1. The van der Waals surface area contributed by atoms with Crippen molar-refractivity contribution in [2.75, 3.05) is 6.54 Å². The monoisotopic (exact) mass is 159 g/mol. The lowest BCUT2D eigenvalue weighted by atomic mass is 9.92. The summed E-state index contributed by atoms with van der Waals surface area (Å²) < 4.78 is 0. The first kappa shape index (κ1) is 10.9. The Bertz CT molecular complexity index is 79.6. The van der Waals surface area contributed by atoms with Crippen LogP contribution in [0.2, 0.25) is 0 Å². The molecule has 0 aliphatic carbocycles. The van der Waals surface area contributed by atoms with E-state index in [9.17, 15) is 5.11 Å². The predicted molar refractivity (Wildman–Crippen MR) is 48.4 cm³/mol. The first-order valence-corrected chi connectivity index (χ1v) is 4.64. The van der Waals surface area contributed by atoms with Gasteiger partial charge in [-0.1, -0.05) is 26.7 Å². The van der Waals surface area contributed by atoms with E-state index >= 15 is 0 Å². The van der Waals surface area contributed by atoms with Crippen LogP contribution < -0.4 is 5.73 Å². The Balaban J connectivity index is 3.66. The van der Waals surface area contributed by atoms with Gasteiger partial charge in [-0.2, -0.15) is 0 Å².